The molecule has 3 N–H and O–H groups in total. The normalized spacial score (nSPS) is 11.2. The van der Waals surface area contributed by atoms with Gasteiger partial charge in [0.1, 0.15) is 11.3 Å². The van der Waals surface area contributed by atoms with E-state index in [1.54, 1.807) is 41.1 Å². The van der Waals surface area contributed by atoms with Crippen LogP contribution in [-0.2, 0) is 0 Å². The second kappa shape index (κ2) is 6.63. The molecular formula is C24H16N2O4. The van der Waals surface area contributed by atoms with E-state index in [4.69, 9.17) is 0 Å². The summed E-state index contributed by atoms with van der Waals surface area (Å²) >= 11 is 0. The molecule has 5 aromatic rings. The number of benzene rings is 3. The largest absolute Gasteiger partial charge is 0.871 e. The molecule has 0 spiro atoms. The molecule has 0 aliphatic heterocycles. The SMILES string of the molecule is O=c1[nH]c2ccccc2c([O-])c1-c1c(O)ccc(O)c1-[n+]1cccc2ccccc21. The van der Waals surface area contributed by atoms with Crippen LogP contribution in [0.2, 0.25) is 0 Å². The van der Waals surface area contributed by atoms with Crippen molar-refractivity contribution < 1.29 is 19.9 Å². The minimum absolute atomic E-state index is 0.0200. The Morgan fingerprint density at radius 1 is 0.800 bits per heavy atom. The predicted molar refractivity (Wildman–Crippen MR) is 112 cm³/mol. The Morgan fingerprint density at radius 3 is 2.37 bits per heavy atom. The lowest BCUT2D eigenvalue weighted by Crippen LogP contribution is -2.32. The summed E-state index contributed by atoms with van der Waals surface area (Å²) in [5.41, 5.74) is 0.430. The Morgan fingerprint density at radius 2 is 1.50 bits per heavy atom. The van der Waals surface area contributed by atoms with Crippen LogP contribution in [-0.4, -0.2) is 15.2 Å². The van der Waals surface area contributed by atoms with Crippen LogP contribution in [0.25, 0.3) is 38.6 Å². The van der Waals surface area contributed by atoms with Crippen LogP contribution in [0, 0.1) is 0 Å². The minimum Gasteiger partial charge on any atom is -0.871 e. The third-order valence-corrected chi connectivity index (χ3v) is 5.21. The van der Waals surface area contributed by atoms with Crippen LogP contribution in [0.4, 0.5) is 0 Å². The molecule has 0 amide bonds. The van der Waals surface area contributed by atoms with Crippen molar-refractivity contribution >= 4 is 21.8 Å². The standard InChI is InChI=1S/C24H16N2O4/c27-18-11-12-19(28)22(26-13-5-7-14-6-1-4-10-17(14)26)20(18)21-23(29)15-8-2-3-9-16(15)25-24(21)30/h1-13H,(H3-,25,27,28,29,30). The van der Waals surface area contributed by atoms with Gasteiger partial charge in [0, 0.05) is 23.0 Å². The van der Waals surface area contributed by atoms with Gasteiger partial charge in [-0.1, -0.05) is 36.1 Å². The number of pyridine rings is 2. The lowest BCUT2D eigenvalue weighted by Gasteiger charge is -2.18. The van der Waals surface area contributed by atoms with E-state index >= 15 is 0 Å². The zero-order chi connectivity index (χ0) is 20.8. The minimum atomic E-state index is -0.637. The molecule has 6 nitrogen and oxygen atoms in total. The highest BCUT2D eigenvalue weighted by atomic mass is 16.3. The molecule has 0 fully saturated rings. The fourth-order valence-electron chi connectivity index (χ4n) is 3.86. The van der Waals surface area contributed by atoms with Gasteiger partial charge < -0.3 is 20.3 Å². The molecule has 30 heavy (non-hydrogen) atoms. The van der Waals surface area contributed by atoms with Crippen molar-refractivity contribution in [3.63, 3.8) is 0 Å². The smallest absolute Gasteiger partial charge is 0.265 e. The van der Waals surface area contributed by atoms with E-state index in [9.17, 15) is 20.1 Å². The van der Waals surface area contributed by atoms with Crippen LogP contribution in [0.1, 0.15) is 0 Å². The molecule has 5 rings (SSSR count). The molecule has 0 aliphatic rings. The Balaban J connectivity index is 1.94. The Bertz CT molecular complexity index is 1500. The van der Waals surface area contributed by atoms with Crippen LogP contribution in [0.15, 0.2) is 83.8 Å². The van der Waals surface area contributed by atoms with E-state index in [1.807, 2.05) is 30.3 Å². The maximum atomic E-state index is 13.2. The Hall–Kier alpha value is -4.32. The zero-order valence-electron chi connectivity index (χ0n) is 15.7. The quantitative estimate of drug-likeness (QED) is 0.315. The van der Waals surface area contributed by atoms with E-state index in [2.05, 4.69) is 4.98 Å². The zero-order valence-corrected chi connectivity index (χ0v) is 15.7. The number of nitrogens with one attached hydrogen (secondary N) is 1. The molecule has 3 aromatic carbocycles. The molecule has 0 unspecified atom stereocenters. The topological polar surface area (TPSA) is 100 Å². The number of aromatic nitrogens is 2. The van der Waals surface area contributed by atoms with Crippen LogP contribution in [0.5, 0.6) is 17.2 Å². The second-order valence-electron chi connectivity index (χ2n) is 6.97. The molecule has 6 heteroatoms. The third kappa shape index (κ3) is 2.58. The van der Waals surface area contributed by atoms with E-state index in [0.717, 1.165) is 10.9 Å². The maximum absolute atomic E-state index is 13.2. The van der Waals surface area contributed by atoms with E-state index < -0.39 is 11.3 Å². The van der Waals surface area contributed by atoms with Crippen LogP contribution >= 0.6 is 0 Å². The second-order valence-corrected chi connectivity index (χ2v) is 6.97. The number of nitrogens with zero attached hydrogens (tertiary/aromatic N) is 1. The van der Waals surface area contributed by atoms with Gasteiger partial charge in [-0.15, -0.1) is 0 Å². The molecule has 0 atom stereocenters. The van der Waals surface area contributed by atoms with Gasteiger partial charge in [0.15, 0.2) is 11.9 Å². The van der Waals surface area contributed by atoms with Gasteiger partial charge in [0.25, 0.3) is 11.2 Å². The fourth-order valence-corrected chi connectivity index (χ4v) is 3.86. The van der Waals surface area contributed by atoms with Gasteiger partial charge in [0.05, 0.1) is 5.56 Å². The first kappa shape index (κ1) is 17.8. The molecule has 0 saturated heterocycles. The number of phenols is 2. The predicted octanol–water partition coefficient (Wildman–Crippen LogP) is 3.11. The van der Waals surface area contributed by atoms with Crippen molar-refractivity contribution in [1.29, 1.82) is 0 Å². The first-order chi connectivity index (χ1) is 14.6. The van der Waals surface area contributed by atoms with Crippen molar-refractivity contribution in [2.45, 2.75) is 0 Å². The molecule has 0 aliphatic carbocycles. The third-order valence-electron chi connectivity index (χ3n) is 5.21. The molecule has 0 saturated carbocycles. The van der Waals surface area contributed by atoms with Gasteiger partial charge >= 0.3 is 0 Å². The first-order valence-electron chi connectivity index (χ1n) is 9.33. The summed E-state index contributed by atoms with van der Waals surface area (Å²) in [4.78, 5) is 15.6. The number of hydrogen-bond acceptors (Lipinski definition) is 4. The number of phenolic OH excluding ortho intramolecular Hbond substituents is 2. The number of para-hydroxylation sites is 2. The molecule has 0 radical (unpaired) electrons. The van der Waals surface area contributed by atoms with E-state index in [-0.39, 0.29) is 28.3 Å². The Kier molecular flexibility index (Phi) is 3.93. The van der Waals surface area contributed by atoms with Crippen LogP contribution in [0.3, 0.4) is 0 Å². The molecule has 2 aromatic heterocycles. The number of fused-ring (bicyclic) bond motifs is 2. The maximum Gasteiger partial charge on any atom is 0.265 e. The van der Waals surface area contributed by atoms with Gasteiger partial charge in [-0.2, -0.15) is 4.57 Å². The highest BCUT2D eigenvalue weighted by Crippen LogP contribution is 2.41. The van der Waals surface area contributed by atoms with Gasteiger partial charge in [-0.05, 0) is 35.7 Å². The summed E-state index contributed by atoms with van der Waals surface area (Å²) in [5.74, 6) is -0.963. The lowest BCUT2D eigenvalue weighted by atomic mass is 9.99. The number of H-pyrrole nitrogens is 1. The van der Waals surface area contributed by atoms with Crippen molar-refractivity contribution in [3.8, 4) is 34.1 Å². The molecule has 146 valence electrons. The van der Waals surface area contributed by atoms with Crippen molar-refractivity contribution in [2.24, 2.45) is 0 Å². The number of rotatable bonds is 2. The van der Waals surface area contributed by atoms with Crippen LogP contribution < -0.4 is 15.2 Å². The first-order valence-corrected chi connectivity index (χ1v) is 9.33. The average Bonchev–Trinajstić information content (AvgIpc) is 2.76. The van der Waals surface area contributed by atoms with Gasteiger partial charge in [-0.25, -0.2) is 0 Å². The van der Waals surface area contributed by atoms with Gasteiger partial charge in [0.2, 0.25) is 5.52 Å². The highest BCUT2D eigenvalue weighted by Gasteiger charge is 2.27. The van der Waals surface area contributed by atoms with Crippen molar-refractivity contribution in [3.05, 3.63) is 89.3 Å². The lowest BCUT2D eigenvalue weighted by molar-refractivity contribution is -0.567. The monoisotopic (exact) mass is 396 g/mol. The summed E-state index contributed by atoms with van der Waals surface area (Å²) in [6, 6.07) is 20.5. The molecule has 2 heterocycles. The van der Waals surface area contributed by atoms with E-state index in [0.29, 0.717) is 10.9 Å². The summed E-state index contributed by atoms with van der Waals surface area (Å²) < 4.78 is 1.66. The van der Waals surface area contributed by atoms with Crippen molar-refractivity contribution in [1.82, 2.24) is 4.98 Å². The summed E-state index contributed by atoms with van der Waals surface area (Å²) in [6.07, 6.45) is 1.71. The summed E-state index contributed by atoms with van der Waals surface area (Å²) in [5, 5.41) is 35.9. The summed E-state index contributed by atoms with van der Waals surface area (Å²) in [7, 11) is 0. The fraction of sp³-hybridized carbons (Fsp3) is 0. The number of aromatic hydroxyl groups is 2. The molecule has 0 bridgehead atoms. The highest BCUT2D eigenvalue weighted by molar-refractivity contribution is 5.94. The van der Waals surface area contributed by atoms with Gasteiger partial charge in [-0.3, -0.25) is 4.79 Å². The Labute approximate surface area is 170 Å². The number of hydrogen-bond donors (Lipinski definition) is 3. The summed E-state index contributed by atoms with van der Waals surface area (Å²) in [6.45, 7) is 0. The van der Waals surface area contributed by atoms with E-state index in [1.165, 1.54) is 12.1 Å². The number of aromatic amines is 1. The molecular weight excluding hydrogens is 380 g/mol. The average molecular weight is 396 g/mol. The van der Waals surface area contributed by atoms with Crippen molar-refractivity contribution in [2.75, 3.05) is 0 Å².